The topological polar surface area (TPSA) is 84.9 Å². The fourth-order valence-electron chi connectivity index (χ4n) is 3.89. The zero-order valence-corrected chi connectivity index (χ0v) is 15.2. The van der Waals surface area contributed by atoms with E-state index in [1.54, 1.807) is 18.2 Å². The van der Waals surface area contributed by atoms with Crippen LogP contribution in [0.1, 0.15) is 55.8 Å². The Bertz CT molecular complexity index is 654. The standard InChI is InChI=1S/C20H27NO5/c1-2-25-18-10-14(8-9-17(18)26-12-19(22)23)20(24)21-16-11-15(16)13-6-4-3-5-7-13/h8-10,13,15-16H,2-7,11-12H2,1H3,(H,21,24)(H,22,23). The molecule has 2 aliphatic rings. The van der Waals surface area contributed by atoms with Gasteiger partial charge in [-0.05, 0) is 43.4 Å². The maximum Gasteiger partial charge on any atom is 0.341 e. The quantitative estimate of drug-likeness (QED) is 0.742. The van der Waals surface area contributed by atoms with Gasteiger partial charge < -0.3 is 19.9 Å². The van der Waals surface area contributed by atoms with Crippen LogP contribution in [0.25, 0.3) is 0 Å². The molecule has 0 radical (unpaired) electrons. The molecular weight excluding hydrogens is 334 g/mol. The highest BCUT2D eigenvalue weighted by atomic mass is 16.5. The van der Waals surface area contributed by atoms with Gasteiger partial charge in [-0.25, -0.2) is 4.79 Å². The summed E-state index contributed by atoms with van der Waals surface area (Å²) in [6.07, 6.45) is 7.64. The third-order valence-corrected chi connectivity index (χ3v) is 5.27. The molecule has 0 aromatic heterocycles. The van der Waals surface area contributed by atoms with Crippen molar-refractivity contribution >= 4 is 11.9 Å². The summed E-state index contributed by atoms with van der Waals surface area (Å²) in [5.74, 6) is 0.942. The van der Waals surface area contributed by atoms with Gasteiger partial charge in [0.1, 0.15) is 0 Å². The van der Waals surface area contributed by atoms with E-state index < -0.39 is 12.6 Å². The van der Waals surface area contributed by atoms with E-state index in [4.69, 9.17) is 14.6 Å². The van der Waals surface area contributed by atoms with Gasteiger partial charge in [0.25, 0.3) is 5.91 Å². The highest BCUT2D eigenvalue weighted by Gasteiger charge is 2.43. The number of carboxylic acid groups (broad SMARTS) is 1. The monoisotopic (exact) mass is 361 g/mol. The zero-order chi connectivity index (χ0) is 18.5. The summed E-state index contributed by atoms with van der Waals surface area (Å²) < 4.78 is 10.7. The minimum absolute atomic E-state index is 0.112. The molecule has 2 aliphatic carbocycles. The van der Waals surface area contributed by atoms with Crippen LogP contribution in [0.15, 0.2) is 18.2 Å². The fourth-order valence-corrected chi connectivity index (χ4v) is 3.89. The molecule has 2 saturated carbocycles. The summed E-state index contributed by atoms with van der Waals surface area (Å²) in [6, 6.07) is 5.14. The average Bonchev–Trinajstić information content (AvgIpc) is 3.40. The Morgan fingerprint density at radius 3 is 2.62 bits per heavy atom. The molecule has 6 heteroatoms. The summed E-state index contributed by atoms with van der Waals surface area (Å²) >= 11 is 0. The Morgan fingerprint density at radius 2 is 1.92 bits per heavy atom. The van der Waals surface area contributed by atoms with Gasteiger partial charge in [-0.2, -0.15) is 0 Å². The van der Waals surface area contributed by atoms with Gasteiger partial charge >= 0.3 is 5.97 Å². The van der Waals surface area contributed by atoms with Crippen molar-refractivity contribution < 1.29 is 24.2 Å². The van der Waals surface area contributed by atoms with Crippen molar-refractivity contribution in [3.8, 4) is 11.5 Å². The molecule has 0 saturated heterocycles. The molecule has 142 valence electrons. The smallest absolute Gasteiger partial charge is 0.341 e. The van der Waals surface area contributed by atoms with Crippen LogP contribution in [-0.2, 0) is 4.79 Å². The maximum absolute atomic E-state index is 12.6. The molecular formula is C20H27NO5. The predicted molar refractivity (Wildman–Crippen MR) is 96.7 cm³/mol. The molecule has 6 nitrogen and oxygen atoms in total. The Kier molecular flexibility index (Phi) is 6.01. The van der Waals surface area contributed by atoms with Crippen LogP contribution >= 0.6 is 0 Å². The number of rotatable bonds is 8. The van der Waals surface area contributed by atoms with Crippen molar-refractivity contribution in [1.82, 2.24) is 5.32 Å². The normalized spacial score (nSPS) is 22.5. The van der Waals surface area contributed by atoms with E-state index >= 15 is 0 Å². The second-order valence-electron chi connectivity index (χ2n) is 7.15. The summed E-state index contributed by atoms with van der Waals surface area (Å²) in [4.78, 5) is 23.2. The lowest BCUT2D eigenvalue weighted by Gasteiger charge is -2.21. The van der Waals surface area contributed by atoms with E-state index in [2.05, 4.69) is 5.32 Å². The number of hydrogen-bond donors (Lipinski definition) is 2. The number of benzene rings is 1. The van der Waals surface area contributed by atoms with Crippen LogP contribution in [0.5, 0.6) is 11.5 Å². The summed E-state index contributed by atoms with van der Waals surface area (Å²) in [7, 11) is 0. The van der Waals surface area contributed by atoms with Crippen LogP contribution in [0.3, 0.4) is 0 Å². The number of nitrogens with one attached hydrogen (secondary N) is 1. The molecule has 3 rings (SSSR count). The number of carboxylic acids is 1. The van der Waals surface area contributed by atoms with E-state index in [9.17, 15) is 9.59 Å². The molecule has 2 N–H and O–H groups in total. The minimum Gasteiger partial charge on any atom is -0.490 e. The van der Waals surface area contributed by atoms with E-state index in [-0.39, 0.29) is 11.9 Å². The highest BCUT2D eigenvalue weighted by Crippen LogP contribution is 2.44. The lowest BCUT2D eigenvalue weighted by atomic mass is 9.85. The lowest BCUT2D eigenvalue weighted by Crippen LogP contribution is -2.28. The number of carbonyl (C=O) groups is 2. The van der Waals surface area contributed by atoms with Crippen molar-refractivity contribution in [2.75, 3.05) is 13.2 Å². The third-order valence-electron chi connectivity index (χ3n) is 5.27. The van der Waals surface area contributed by atoms with Gasteiger partial charge in [0.2, 0.25) is 0 Å². The molecule has 0 bridgehead atoms. The van der Waals surface area contributed by atoms with Gasteiger partial charge in [0.05, 0.1) is 6.61 Å². The molecule has 1 amide bonds. The number of hydrogen-bond acceptors (Lipinski definition) is 4. The first-order valence-corrected chi connectivity index (χ1v) is 9.50. The number of aliphatic carboxylic acids is 1. The second kappa shape index (κ2) is 8.43. The van der Waals surface area contributed by atoms with E-state index in [1.807, 2.05) is 6.92 Å². The first-order valence-electron chi connectivity index (χ1n) is 9.50. The zero-order valence-electron chi connectivity index (χ0n) is 15.2. The molecule has 26 heavy (non-hydrogen) atoms. The van der Waals surface area contributed by atoms with Crippen LogP contribution in [0, 0.1) is 11.8 Å². The summed E-state index contributed by atoms with van der Waals surface area (Å²) in [6.45, 7) is 1.78. The maximum atomic E-state index is 12.6. The van der Waals surface area contributed by atoms with E-state index in [0.717, 1.165) is 12.3 Å². The Balaban J connectivity index is 1.60. The van der Waals surface area contributed by atoms with Crippen LogP contribution in [0.2, 0.25) is 0 Å². The molecule has 2 unspecified atom stereocenters. The van der Waals surface area contributed by atoms with Crippen LogP contribution in [0.4, 0.5) is 0 Å². The Morgan fingerprint density at radius 1 is 1.15 bits per heavy atom. The van der Waals surface area contributed by atoms with Gasteiger partial charge in [-0.15, -0.1) is 0 Å². The summed E-state index contributed by atoms with van der Waals surface area (Å²) in [5.41, 5.74) is 0.505. The van der Waals surface area contributed by atoms with Crippen molar-refractivity contribution in [3.05, 3.63) is 23.8 Å². The minimum atomic E-state index is -1.06. The fraction of sp³-hybridized carbons (Fsp3) is 0.600. The van der Waals surface area contributed by atoms with Gasteiger partial charge in [-0.3, -0.25) is 4.79 Å². The number of ether oxygens (including phenoxy) is 2. The molecule has 1 aromatic rings. The molecule has 0 aliphatic heterocycles. The lowest BCUT2D eigenvalue weighted by molar-refractivity contribution is -0.139. The number of amides is 1. The van der Waals surface area contributed by atoms with Crippen molar-refractivity contribution in [2.24, 2.45) is 11.8 Å². The Hall–Kier alpha value is -2.24. The highest BCUT2D eigenvalue weighted by molar-refractivity contribution is 5.95. The SMILES string of the molecule is CCOc1cc(C(=O)NC2CC2C2CCCCC2)ccc1OCC(=O)O. The second-order valence-corrected chi connectivity index (χ2v) is 7.15. The van der Waals surface area contributed by atoms with Crippen LogP contribution in [-0.4, -0.2) is 36.2 Å². The summed E-state index contributed by atoms with van der Waals surface area (Å²) in [5, 5.41) is 11.9. The first kappa shape index (κ1) is 18.5. The first-order chi connectivity index (χ1) is 12.6. The van der Waals surface area contributed by atoms with Crippen LogP contribution < -0.4 is 14.8 Å². The molecule has 2 fully saturated rings. The van der Waals surface area contributed by atoms with Crippen molar-refractivity contribution in [1.29, 1.82) is 0 Å². The molecule has 1 aromatic carbocycles. The van der Waals surface area contributed by atoms with Crippen molar-refractivity contribution in [3.63, 3.8) is 0 Å². The predicted octanol–water partition coefficient (Wildman–Crippen LogP) is 3.25. The van der Waals surface area contributed by atoms with Crippen molar-refractivity contribution in [2.45, 2.75) is 51.5 Å². The third kappa shape index (κ3) is 4.68. The molecule has 2 atom stereocenters. The van der Waals surface area contributed by atoms with E-state index in [1.165, 1.54) is 32.1 Å². The Labute approximate surface area is 153 Å². The van der Waals surface area contributed by atoms with Gasteiger partial charge in [0.15, 0.2) is 18.1 Å². The molecule has 0 heterocycles. The van der Waals surface area contributed by atoms with E-state index in [0.29, 0.717) is 29.6 Å². The molecule has 0 spiro atoms. The van der Waals surface area contributed by atoms with Gasteiger partial charge in [-0.1, -0.05) is 32.1 Å². The van der Waals surface area contributed by atoms with Gasteiger partial charge in [0, 0.05) is 11.6 Å². The number of carbonyl (C=O) groups excluding carboxylic acids is 1. The largest absolute Gasteiger partial charge is 0.490 e. The average molecular weight is 361 g/mol.